The molecule has 3 aromatic heterocycles. The van der Waals surface area contributed by atoms with Crippen LogP contribution in [-0.4, -0.2) is 44.5 Å². The molecule has 19 heavy (non-hydrogen) atoms. The van der Waals surface area contributed by atoms with Gasteiger partial charge in [-0.3, -0.25) is 9.20 Å². The van der Waals surface area contributed by atoms with Crippen LogP contribution < -0.4 is 0 Å². The highest BCUT2D eigenvalue weighted by molar-refractivity contribution is 7.21. The zero-order valence-corrected chi connectivity index (χ0v) is 11.6. The van der Waals surface area contributed by atoms with E-state index in [0.717, 1.165) is 15.3 Å². The number of imidazole rings is 1. The molecule has 7 heteroatoms. The largest absolute Gasteiger partial charge is 0.391 e. The lowest BCUT2D eigenvalue weighted by molar-refractivity contribution is 0.0770. The summed E-state index contributed by atoms with van der Waals surface area (Å²) in [7, 11) is 0. The monoisotopic (exact) mass is 293 g/mol. The number of likely N-dealkylation sites (tertiary alicyclic amines) is 1. The Hall–Kier alpha value is -1.44. The van der Waals surface area contributed by atoms with Crippen molar-refractivity contribution in [2.24, 2.45) is 0 Å². The first kappa shape index (κ1) is 11.4. The summed E-state index contributed by atoms with van der Waals surface area (Å²) in [6, 6.07) is 1.90. The van der Waals surface area contributed by atoms with Gasteiger partial charge in [0.2, 0.25) is 0 Å². The van der Waals surface area contributed by atoms with E-state index >= 15 is 0 Å². The summed E-state index contributed by atoms with van der Waals surface area (Å²) in [5, 5.41) is 11.5. The fraction of sp³-hybridized carbons (Fsp3) is 0.333. The van der Waals surface area contributed by atoms with E-state index in [2.05, 4.69) is 4.98 Å². The van der Waals surface area contributed by atoms with Gasteiger partial charge in [0.05, 0.1) is 16.5 Å². The average molecular weight is 293 g/mol. The minimum Gasteiger partial charge on any atom is -0.391 e. The Morgan fingerprint density at radius 3 is 3.21 bits per heavy atom. The molecule has 0 saturated carbocycles. The number of thiazole rings is 1. The summed E-state index contributed by atoms with van der Waals surface area (Å²) in [6.07, 6.45) is 2.26. The molecule has 1 amide bonds. The molecule has 0 aliphatic carbocycles. The number of carbonyl (C=O) groups is 1. The number of carbonyl (C=O) groups excluding carboxylic acids is 1. The first-order valence-electron chi connectivity index (χ1n) is 6.05. The Balaban J connectivity index is 1.74. The van der Waals surface area contributed by atoms with Crippen LogP contribution >= 0.6 is 22.7 Å². The SMILES string of the molecule is O=C(c1cc2c(nc3sccn32)s1)N1CC[C@H](O)C1. The molecule has 1 fully saturated rings. The van der Waals surface area contributed by atoms with Crippen LogP contribution in [0, 0.1) is 0 Å². The van der Waals surface area contributed by atoms with Gasteiger partial charge in [0.1, 0.15) is 4.83 Å². The van der Waals surface area contributed by atoms with E-state index in [1.54, 1.807) is 16.2 Å². The van der Waals surface area contributed by atoms with Gasteiger partial charge in [-0.05, 0) is 12.5 Å². The summed E-state index contributed by atoms with van der Waals surface area (Å²) < 4.78 is 2.01. The number of hydrogen-bond acceptors (Lipinski definition) is 5. The summed E-state index contributed by atoms with van der Waals surface area (Å²) in [4.78, 5) is 21.1. The molecule has 1 atom stereocenters. The van der Waals surface area contributed by atoms with Gasteiger partial charge < -0.3 is 10.0 Å². The fourth-order valence-electron chi connectivity index (χ4n) is 2.44. The number of aromatic nitrogens is 2. The number of aliphatic hydroxyl groups is 1. The minimum absolute atomic E-state index is 0.00327. The standard InChI is InChI=1S/C12H11N3O2S2/c16-7-1-2-14(6-7)11(17)9-5-8-10(19-9)13-12-15(8)3-4-18-12/h3-5,7,16H,1-2,6H2/t7-/m0/s1. The molecule has 0 unspecified atom stereocenters. The molecule has 1 aliphatic heterocycles. The van der Waals surface area contributed by atoms with Crippen molar-refractivity contribution in [3.63, 3.8) is 0 Å². The maximum absolute atomic E-state index is 12.3. The molecule has 1 aliphatic rings. The van der Waals surface area contributed by atoms with Crippen LogP contribution in [-0.2, 0) is 0 Å². The van der Waals surface area contributed by atoms with Crippen LogP contribution in [0.5, 0.6) is 0 Å². The third-order valence-corrected chi connectivity index (χ3v) is 5.16. The Morgan fingerprint density at radius 1 is 1.53 bits per heavy atom. The van der Waals surface area contributed by atoms with Crippen molar-refractivity contribution in [2.45, 2.75) is 12.5 Å². The molecule has 1 saturated heterocycles. The highest BCUT2D eigenvalue weighted by atomic mass is 32.1. The Morgan fingerprint density at radius 2 is 2.42 bits per heavy atom. The summed E-state index contributed by atoms with van der Waals surface area (Å²) in [6.45, 7) is 1.08. The molecule has 0 spiro atoms. The Kier molecular flexibility index (Phi) is 2.41. The smallest absolute Gasteiger partial charge is 0.264 e. The number of β-amino-alcohol motifs (C(OH)–C–C–N with tert-alkyl or cyclic N) is 1. The van der Waals surface area contributed by atoms with Gasteiger partial charge in [0, 0.05) is 24.7 Å². The minimum atomic E-state index is -0.377. The molecule has 5 nitrogen and oxygen atoms in total. The van der Waals surface area contributed by atoms with Gasteiger partial charge in [-0.25, -0.2) is 4.98 Å². The van der Waals surface area contributed by atoms with Crippen LogP contribution in [0.15, 0.2) is 17.6 Å². The molecule has 4 rings (SSSR count). The van der Waals surface area contributed by atoms with E-state index in [1.807, 2.05) is 22.0 Å². The van der Waals surface area contributed by atoms with Gasteiger partial charge in [-0.15, -0.1) is 22.7 Å². The normalized spacial score (nSPS) is 19.8. The fourth-order valence-corrected chi connectivity index (χ4v) is 4.20. The van der Waals surface area contributed by atoms with E-state index < -0.39 is 0 Å². The second-order valence-corrected chi connectivity index (χ2v) is 6.57. The molecule has 1 N–H and O–H groups in total. The molecule has 3 aromatic rings. The van der Waals surface area contributed by atoms with E-state index in [1.165, 1.54) is 11.3 Å². The lowest BCUT2D eigenvalue weighted by Gasteiger charge is -2.13. The van der Waals surface area contributed by atoms with Crippen molar-refractivity contribution < 1.29 is 9.90 Å². The highest BCUT2D eigenvalue weighted by Crippen LogP contribution is 2.29. The van der Waals surface area contributed by atoms with Crippen molar-refractivity contribution in [2.75, 3.05) is 13.1 Å². The van der Waals surface area contributed by atoms with Gasteiger partial charge in [0.25, 0.3) is 5.91 Å². The Labute approximate surface area is 116 Å². The first-order valence-corrected chi connectivity index (χ1v) is 7.74. The van der Waals surface area contributed by atoms with Crippen molar-refractivity contribution in [3.05, 3.63) is 22.5 Å². The van der Waals surface area contributed by atoms with E-state index in [9.17, 15) is 9.90 Å². The summed E-state index contributed by atoms with van der Waals surface area (Å²) in [5.74, 6) is 0.00327. The highest BCUT2D eigenvalue weighted by Gasteiger charge is 2.27. The molecular formula is C12H11N3O2S2. The number of aliphatic hydroxyl groups excluding tert-OH is 1. The van der Waals surface area contributed by atoms with E-state index in [-0.39, 0.29) is 12.0 Å². The predicted molar refractivity (Wildman–Crippen MR) is 75.0 cm³/mol. The van der Waals surface area contributed by atoms with Crippen molar-refractivity contribution in [1.29, 1.82) is 0 Å². The predicted octanol–water partition coefficient (Wildman–Crippen LogP) is 1.82. The zero-order chi connectivity index (χ0) is 13.0. The lowest BCUT2D eigenvalue weighted by Crippen LogP contribution is -2.28. The van der Waals surface area contributed by atoms with Crippen LogP contribution in [0.1, 0.15) is 16.1 Å². The van der Waals surface area contributed by atoms with Crippen molar-refractivity contribution in [1.82, 2.24) is 14.3 Å². The number of amides is 1. The molecule has 4 heterocycles. The molecule has 0 radical (unpaired) electrons. The van der Waals surface area contributed by atoms with Crippen LogP contribution in [0.25, 0.3) is 15.3 Å². The van der Waals surface area contributed by atoms with Gasteiger partial charge in [-0.2, -0.15) is 0 Å². The van der Waals surface area contributed by atoms with Gasteiger partial charge >= 0.3 is 0 Å². The molecule has 98 valence electrons. The van der Waals surface area contributed by atoms with Crippen LogP contribution in [0.4, 0.5) is 0 Å². The molecular weight excluding hydrogens is 282 g/mol. The average Bonchev–Trinajstić information content (AvgIpc) is 3.07. The summed E-state index contributed by atoms with van der Waals surface area (Å²) in [5.41, 5.74) is 0.990. The van der Waals surface area contributed by atoms with Gasteiger partial charge in [0.15, 0.2) is 4.96 Å². The first-order chi connectivity index (χ1) is 9.22. The number of nitrogens with zero attached hydrogens (tertiary/aromatic N) is 3. The number of fused-ring (bicyclic) bond motifs is 3. The quantitative estimate of drug-likeness (QED) is 0.744. The van der Waals surface area contributed by atoms with Gasteiger partial charge in [-0.1, -0.05) is 0 Å². The van der Waals surface area contributed by atoms with Crippen molar-refractivity contribution >= 4 is 43.9 Å². The maximum Gasteiger partial charge on any atom is 0.264 e. The number of thiophene rings is 1. The van der Waals surface area contributed by atoms with Crippen LogP contribution in [0.3, 0.4) is 0 Å². The second-order valence-electron chi connectivity index (χ2n) is 4.66. The number of hydrogen-bond donors (Lipinski definition) is 1. The molecule has 0 bridgehead atoms. The summed E-state index contributed by atoms with van der Waals surface area (Å²) >= 11 is 3.01. The third kappa shape index (κ3) is 1.69. The van der Waals surface area contributed by atoms with E-state index in [0.29, 0.717) is 24.4 Å². The maximum atomic E-state index is 12.3. The Bertz CT molecular complexity index is 772. The number of rotatable bonds is 1. The zero-order valence-electron chi connectivity index (χ0n) is 9.94. The molecule has 0 aromatic carbocycles. The topological polar surface area (TPSA) is 57.8 Å². The third-order valence-electron chi connectivity index (χ3n) is 3.40. The lowest BCUT2D eigenvalue weighted by atomic mass is 10.3. The van der Waals surface area contributed by atoms with Crippen molar-refractivity contribution in [3.8, 4) is 0 Å². The van der Waals surface area contributed by atoms with E-state index in [4.69, 9.17) is 0 Å². The second kappa shape index (κ2) is 4.03. The van der Waals surface area contributed by atoms with Crippen LogP contribution in [0.2, 0.25) is 0 Å².